The van der Waals surface area contributed by atoms with Crippen molar-refractivity contribution in [3.05, 3.63) is 34.9 Å². The van der Waals surface area contributed by atoms with Crippen molar-refractivity contribution in [2.24, 2.45) is 11.8 Å². The number of benzene rings is 1. The first-order valence-corrected chi connectivity index (χ1v) is 8.43. The topological polar surface area (TPSA) is 54.5 Å². The Balaban J connectivity index is 1.79. The second-order valence-corrected chi connectivity index (χ2v) is 6.93. The van der Waals surface area contributed by atoms with Crippen LogP contribution in [0.2, 0.25) is 5.02 Å². The molecule has 1 aromatic rings. The van der Waals surface area contributed by atoms with Crippen LogP contribution in [0.25, 0.3) is 0 Å². The summed E-state index contributed by atoms with van der Waals surface area (Å²) in [5.41, 5.74) is 0.470. The molecule has 122 valence electrons. The van der Waals surface area contributed by atoms with E-state index < -0.39 is 5.92 Å². The second kappa shape index (κ2) is 6.54. The van der Waals surface area contributed by atoms with E-state index in [1.165, 1.54) is 6.92 Å². The lowest BCUT2D eigenvalue weighted by Crippen LogP contribution is -2.56. The average Bonchev–Trinajstić information content (AvgIpc) is 2.55. The Morgan fingerprint density at radius 3 is 2.35 bits per heavy atom. The molecule has 2 unspecified atom stereocenters. The van der Waals surface area contributed by atoms with Gasteiger partial charge in [-0.15, -0.1) is 0 Å². The van der Waals surface area contributed by atoms with Crippen LogP contribution in [-0.4, -0.2) is 41.4 Å². The summed E-state index contributed by atoms with van der Waals surface area (Å²) in [7, 11) is 0. The molecule has 0 radical (unpaired) electrons. The zero-order valence-corrected chi connectivity index (χ0v) is 13.9. The molecule has 2 bridgehead atoms. The molecule has 4 rings (SSSR count). The maximum atomic E-state index is 12.7. The monoisotopic (exact) mass is 333 g/mol. The lowest BCUT2D eigenvalue weighted by molar-refractivity contribution is -0.138. The molecule has 0 amide bonds. The van der Waals surface area contributed by atoms with Gasteiger partial charge in [-0.3, -0.25) is 19.3 Å². The molecule has 3 aliphatic rings. The van der Waals surface area contributed by atoms with Crippen molar-refractivity contribution in [3.63, 3.8) is 0 Å². The maximum Gasteiger partial charge on any atom is 0.173 e. The van der Waals surface area contributed by atoms with E-state index in [0.29, 0.717) is 17.0 Å². The fraction of sp³-hybridized carbons (Fsp3) is 0.500. The van der Waals surface area contributed by atoms with Crippen LogP contribution in [0.5, 0.6) is 0 Å². The predicted octanol–water partition coefficient (Wildman–Crippen LogP) is 2.78. The van der Waals surface area contributed by atoms with Crippen LogP contribution >= 0.6 is 11.6 Å². The quantitative estimate of drug-likeness (QED) is 0.614. The molecule has 5 heteroatoms. The van der Waals surface area contributed by atoms with Gasteiger partial charge in [0.1, 0.15) is 5.78 Å². The molecule has 0 N–H and O–H groups in total. The minimum absolute atomic E-state index is 0.114. The summed E-state index contributed by atoms with van der Waals surface area (Å²) >= 11 is 5.85. The standard InChI is InChI=1S/C18H20ClNO3/c1-11(21)15(17(22)12-2-4-14(19)5-3-12)10-16-18(23)13-6-8-20(16)9-7-13/h2-5,13,15-16H,6-10H2,1H3. The number of fused-ring (bicyclic) bond motifs is 3. The van der Waals surface area contributed by atoms with E-state index in [9.17, 15) is 14.4 Å². The van der Waals surface area contributed by atoms with Gasteiger partial charge in [0.25, 0.3) is 0 Å². The van der Waals surface area contributed by atoms with Gasteiger partial charge in [-0.05, 0) is 63.5 Å². The maximum absolute atomic E-state index is 12.7. The lowest BCUT2D eigenvalue weighted by Gasteiger charge is -2.44. The van der Waals surface area contributed by atoms with Gasteiger partial charge in [0.2, 0.25) is 0 Å². The molecule has 0 saturated carbocycles. The van der Waals surface area contributed by atoms with Crippen molar-refractivity contribution in [1.29, 1.82) is 0 Å². The summed E-state index contributed by atoms with van der Waals surface area (Å²) in [6.45, 7) is 3.21. The Morgan fingerprint density at radius 1 is 1.22 bits per heavy atom. The summed E-state index contributed by atoms with van der Waals surface area (Å²) in [5.74, 6) is -0.838. The molecular weight excluding hydrogens is 314 g/mol. The third kappa shape index (κ3) is 3.24. The minimum atomic E-state index is -0.760. The number of carbonyl (C=O) groups excluding carboxylic acids is 3. The molecule has 3 fully saturated rings. The smallest absolute Gasteiger partial charge is 0.173 e. The SMILES string of the molecule is CC(=O)C(CC1C(=O)C2CCN1CC2)C(=O)c1ccc(Cl)cc1. The van der Waals surface area contributed by atoms with Crippen LogP contribution < -0.4 is 0 Å². The van der Waals surface area contributed by atoms with E-state index in [4.69, 9.17) is 11.6 Å². The minimum Gasteiger partial charge on any atom is -0.299 e. The number of Topliss-reactive ketones (excluding diaryl/α,β-unsaturated/α-hetero) is 3. The number of hydrogen-bond acceptors (Lipinski definition) is 4. The second-order valence-electron chi connectivity index (χ2n) is 6.50. The largest absolute Gasteiger partial charge is 0.299 e. The van der Waals surface area contributed by atoms with Crippen LogP contribution in [-0.2, 0) is 9.59 Å². The Labute approximate surface area is 140 Å². The van der Waals surface area contributed by atoms with E-state index in [0.717, 1.165) is 25.9 Å². The van der Waals surface area contributed by atoms with Crippen molar-refractivity contribution in [1.82, 2.24) is 4.90 Å². The molecule has 2 atom stereocenters. The number of halogens is 1. The Morgan fingerprint density at radius 2 is 1.83 bits per heavy atom. The Kier molecular flexibility index (Phi) is 4.64. The zero-order chi connectivity index (χ0) is 16.6. The van der Waals surface area contributed by atoms with E-state index in [2.05, 4.69) is 4.90 Å². The van der Waals surface area contributed by atoms with E-state index in [1.807, 2.05) is 0 Å². The predicted molar refractivity (Wildman–Crippen MR) is 87.7 cm³/mol. The van der Waals surface area contributed by atoms with Crippen LogP contribution in [0.15, 0.2) is 24.3 Å². The number of carbonyl (C=O) groups is 3. The molecule has 0 spiro atoms. The Hall–Kier alpha value is -1.52. The third-order valence-electron chi connectivity index (χ3n) is 5.10. The summed E-state index contributed by atoms with van der Waals surface area (Å²) in [5, 5.41) is 0.548. The normalized spacial score (nSPS) is 27.7. The van der Waals surface area contributed by atoms with Crippen molar-refractivity contribution < 1.29 is 14.4 Å². The Bertz CT molecular complexity index is 632. The average molecular weight is 334 g/mol. The molecule has 23 heavy (non-hydrogen) atoms. The molecule has 3 heterocycles. The van der Waals surface area contributed by atoms with E-state index in [-0.39, 0.29) is 29.3 Å². The first kappa shape index (κ1) is 16.3. The molecule has 0 aliphatic carbocycles. The van der Waals surface area contributed by atoms with Gasteiger partial charge < -0.3 is 0 Å². The summed E-state index contributed by atoms with van der Waals surface area (Å²) in [4.78, 5) is 39.3. The number of ketones is 3. The number of hydrogen-bond donors (Lipinski definition) is 0. The molecule has 1 aromatic carbocycles. The molecular formula is C18H20ClNO3. The van der Waals surface area contributed by atoms with Gasteiger partial charge >= 0.3 is 0 Å². The first-order chi connectivity index (χ1) is 11.0. The van der Waals surface area contributed by atoms with E-state index >= 15 is 0 Å². The van der Waals surface area contributed by atoms with Crippen LogP contribution in [0, 0.1) is 11.8 Å². The molecule has 0 aromatic heterocycles. The fourth-order valence-corrected chi connectivity index (χ4v) is 3.84. The van der Waals surface area contributed by atoms with Crippen molar-refractivity contribution in [2.45, 2.75) is 32.2 Å². The highest BCUT2D eigenvalue weighted by Crippen LogP contribution is 2.32. The highest BCUT2D eigenvalue weighted by molar-refractivity contribution is 6.30. The first-order valence-electron chi connectivity index (χ1n) is 8.05. The number of rotatable bonds is 5. The number of nitrogens with zero attached hydrogens (tertiary/aromatic N) is 1. The lowest BCUT2D eigenvalue weighted by atomic mass is 9.77. The summed E-state index contributed by atoms with van der Waals surface area (Å²) in [6, 6.07) is 6.27. The third-order valence-corrected chi connectivity index (χ3v) is 5.35. The van der Waals surface area contributed by atoms with Crippen molar-refractivity contribution in [2.75, 3.05) is 13.1 Å². The highest BCUT2D eigenvalue weighted by atomic mass is 35.5. The van der Waals surface area contributed by atoms with Gasteiger partial charge in [-0.25, -0.2) is 0 Å². The summed E-state index contributed by atoms with van der Waals surface area (Å²) in [6.07, 6.45) is 2.11. The van der Waals surface area contributed by atoms with Gasteiger partial charge in [-0.2, -0.15) is 0 Å². The van der Waals surface area contributed by atoms with Gasteiger partial charge in [-0.1, -0.05) is 11.6 Å². The van der Waals surface area contributed by atoms with Crippen LogP contribution in [0.4, 0.5) is 0 Å². The fourth-order valence-electron chi connectivity index (χ4n) is 3.71. The van der Waals surface area contributed by atoms with Crippen LogP contribution in [0.1, 0.15) is 36.5 Å². The van der Waals surface area contributed by atoms with Crippen LogP contribution in [0.3, 0.4) is 0 Å². The molecule has 3 saturated heterocycles. The molecule has 3 aliphatic heterocycles. The van der Waals surface area contributed by atoms with Gasteiger partial charge in [0, 0.05) is 16.5 Å². The number of piperidine rings is 3. The van der Waals surface area contributed by atoms with E-state index in [1.54, 1.807) is 24.3 Å². The van der Waals surface area contributed by atoms with Gasteiger partial charge in [0.05, 0.1) is 12.0 Å². The van der Waals surface area contributed by atoms with Crippen molar-refractivity contribution in [3.8, 4) is 0 Å². The van der Waals surface area contributed by atoms with Crippen molar-refractivity contribution >= 4 is 29.0 Å². The summed E-state index contributed by atoms with van der Waals surface area (Å²) < 4.78 is 0. The molecule has 4 nitrogen and oxygen atoms in total. The zero-order valence-electron chi connectivity index (χ0n) is 13.1. The van der Waals surface area contributed by atoms with Gasteiger partial charge in [0.15, 0.2) is 11.6 Å². The highest BCUT2D eigenvalue weighted by Gasteiger charge is 2.43.